The summed E-state index contributed by atoms with van der Waals surface area (Å²) in [6.45, 7) is 8.72. The smallest absolute Gasteiger partial charge is 0.247 e. The molecular formula is C28H38FN7O3. The Bertz CT molecular complexity index is 1220. The monoisotopic (exact) mass is 539 g/mol. The molecule has 4 rings (SSSR count). The second-order valence-electron chi connectivity index (χ2n) is 9.97. The molecule has 0 aliphatic heterocycles. The van der Waals surface area contributed by atoms with Gasteiger partial charge in [-0.1, -0.05) is 38.8 Å². The number of hydrogen-bond donors (Lipinski definition) is 1. The minimum Gasteiger partial charge on any atom is -0.458 e. The summed E-state index contributed by atoms with van der Waals surface area (Å²) >= 11 is 0. The third kappa shape index (κ3) is 7.50. The van der Waals surface area contributed by atoms with Crippen molar-refractivity contribution in [1.82, 2.24) is 35.3 Å². The first-order valence-corrected chi connectivity index (χ1v) is 13.8. The predicted molar refractivity (Wildman–Crippen MR) is 144 cm³/mol. The van der Waals surface area contributed by atoms with Crippen LogP contribution in [0.3, 0.4) is 0 Å². The molecule has 2 aromatic heterocycles. The van der Waals surface area contributed by atoms with Crippen LogP contribution >= 0.6 is 0 Å². The van der Waals surface area contributed by atoms with Crippen LogP contribution in [-0.2, 0) is 16.1 Å². The van der Waals surface area contributed by atoms with Gasteiger partial charge in [-0.05, 0) is 80.9 Å². The number of halogens is 1. The van der Waals surface area contributed by atoms with Crippen molar-refractivity contribution in [2.75, 3.05) is 26.2 Å². The number of carbonyl (C=O) groups excluding carboxylic acids is 2. The average molecular weight is 540 g/mol. The molecule has 1 aliphatic rings. The fraction of sp³-hybridized carbons (Fsp3) is 0.536. The number of rotatable bonds is 13. The molecular weight excluding hydrogens is 501 g/mol. The van der Waals surface area contributed by atoms with E-state index in [4.69, 9.17) is 4.42 Å². The van der Waals surface area contributed by atoms with Crippen LogP contribution in [0.25, 0.3) is 11.6 Å². The van der Waals surface area contributed by atoms with Crippen molar-refractivity contribution >= 4 is 11.8 Å². The molecule has 3 aromatic rings. The van der Waals surface area contributed by atoms with E-state index in [-0.39, 0.29) is 30.2 Å². The van der Waals surface area contributed by atoms with Gasteiger partial charge in [0.2, 0.25) is 17.6 Å². The van der Waals surface area contributed by atoms with Crippen molar-refractivity contribution in [3.63, 3.8) is 0 Å². The number of hydrogen-bond acceptors (Lipinski definition) is 7. The molecule has 210 valence electrons. The van der Waals surface area contributed by atoms with Gasteiger partial charge in [-0.3, -0.25) is 9.59 Å². The van der Waals surface area contributed by atoms with Crippen molar-refractivity contribution in [1.29, 1.82) is 0 Å². The van der Waals surface area contributed by atoms with Gasteiger partial charge in [0.15, 0.2) is 5.76 Å². The van der Waals surface area contributed by atoms with Crippen LogP contribution in [0.1, 0.15) is 63.3 Å². The zero-order valence-electron chi connectivity index (χ0n) is 23.0. The summed E-state index contributed by atoms with van der Waals surface area (Å²) in [6.07, 6.45) is 4.62. The van der Waals surface area contributed by atoms with Crippen LogP contribution in [-0.4, -0.2) is 74.0 Å². The van der Waals surface area contributed by atoms with Gasteiger partial charge in [0.25, 0.3) is 0 Å². The summed E-state index contributed by atoms with van der Waals surface area (Å²) in [7, 11) is 0. The van der Waals surface area contributed by atoms with Gasteiger partial charge in [0.05, 0.1) is 0 Å². The Balaban J connectivity index is 1.60. The van der Waals surface area contributed by atoms with E-state index in [9.17, 15) is 14.0 Å². The molecule has 1 aromatic carbocycles. The first-order chi connectivity index (χ1) is 18.9. The second-order valence-corrected chi connectivity index (χ2v) is 9.97. The number of tetrazole rings is 1. The first-order valence-electron chi connectivity index (χ1n) is 13.8. The molecule has 1 fully saturated rings. The SMILES string of the molecule is CCN(CC)CCCN(C(=O)Cn1nnc(-c2ccc(C)o2)n1)[C@H](C(=O)NC1CCCC1)c1ccc(F)cc1. The highest BCUT2D eigenvalue weighted by Crippen LogP contribution is 2.25. The van der Waals surface area contributed by atoms with Crippen molar-refractivity contribution in [3.05, 3.63) is 53.5 Å². The van der Waals surface area contributed by atoms with Crippen LogP contribution in [0.15, 0.2) is 40.8 Å². The molecule has 10 nitrogen and oxygen atoms in total. The fourth-order valence-electron chi connectivity index (χ4n) is 5.05. The van der Waals surface area contributed by atoms with Crippen molar-refractivity contribution in [2.45, 2.75) is 71.5 Å². The number of benzene rings is 1. The van der Waals surface area contributed by atoms with Gasteiger partial charge in [-0.15, -0.1) is 10.2 Å². The maximum absolute atomic E-state index is 13.8. The topological polar surface area (TPSA) is 109 Å². The highest BCUT2D eigenvalue weighted by atomic mass is 19.1. The molecule has 1 N–H and O–H groups in total. The Morgan fingerprint density at radius 2 is 1.82 bits per heavy atom. The Morgan fingerprint density at radius 3 is 2.46 bits per heavy atom. The van der Waals surface area contributed by atoms with Crippen molar-refractivity contribution < 1.29 is 18.4 Å². The average Bonchev–Trinajstić information content (AvgIpc) is 3.70. The lowest BCUT2D eigenvalue weighted by Gasteiger charge is -2.33. The summed E-state index contributed by atoms with van der Waals surface area (Å²) in [5, 5.41) is 15.5. The molecule has 2 amide bonds. The quantitative estimate of drug-likeness (QED) is 0.352. The van der Waals surface area contributed by atoms with Crippen molar-refractivity contribution in [3.8, 4) is 11.6 Å². The zero-order valence-corrected chi connectivity index (χ0v) is 23.0. The standard InChI is InChI=1S/C28H38FN7O3/c1-4-34(5-2)17-8-18-35(25(37)19-36-32-27(31-33-36)24-16-11-20(3)39-24)26(21-12-14-22(29)15-13-21)28(38)30-23-9-6-7-10-23/h11-16,23,26H,4-10,17-19H2,1-3H3,(H,30,38)/t26-/m0/s1. The molecule has 0 spiro atoms. The number of carbonyl (C=O) groups is 2. The Labute approximate surface area is 228 Å². The third-order valence-electron chi connectivity index (χ3n) is 7.23. The molecule has 1 saturated carbocycles. The number of aromatic nitrogens is 4. The van der Waals surface area contributed by atoms with Gasteiger partial charge in [0, 0.05) is 12.6 Å². The number of aryl methyl sites for hydroxylation is 1. The van der Waals surface area contributed by atoms with Gasteiger partial charge < -0.3 is 19.5 Å². The number of amides is 2. The Kier molecular flexibility index (Phi) is 9.80. The van der Waals surface area contributed by atoms with E-state index < -0.39 is 11.9 Å². The predicted octanol–water partition coefficient (Wildman–Crippen LogP) is 3.74. The maximum atomic E-state index is 13.8. The third-order valence-corrected chi connectivity index (χ3v) is 7.23. The molecule has 0 saturated heterocycles. The number of nitrogens with zero attached hydrogens (tertiary/aromatic N) is 6. The van der Waals surface area contributed by atoms with E-state index in [2.05, 4.69) is 39.5 Å². The fourth-order valence-corrected chi connectivity index (χ4v) is 5.05. The summed E-state index contributed by atoms with van der Waals surface area (Å²) in [5.74, 6) is 0.460. The molecule has 0 bridgehead atoms. The molecule has 2 heterocycles. The summed E-state index contributed by atoms with van der Waals surface area (Å²) in [4.78, 5) is 32.6. The molecule has 1 aliphatic carbocycles. The Morgan fingerprint density at radius 1 is 1.10 bits per heavy atom. The van der Waals surface area contributed by atoms with Gasteiger partial charge in [-0.25, -0.2) is 4.39 Å². The van der Waals surface area contributed by atoms with E-state index in [1.807, 2.05) is 6.92 Å². The number of nitrogens with one attached hydrogen (secondary N) is 1. The maximum Gasteiger partial charge on any atom is 0.247 e. The molecule has 1 atom stereocenters. The van der Waals surface area contributed by atoms with Crippen LogP contribution in [0, 0.1) is 12.7 Å². The minimum atomic E-state index is -0.911. The summed E-state index contributed by atoms with van der Waals surface area (Å²) in [6, 6.07) is 8.50. The van der Waals surface area contributed by atoms with Crippen LogP contribution in [0.5, 0.6) is 0 Å². The van der Waals surface area contributed by atoms with Crippen LogP contribution in [0.2, 0.25) is 0 Å². The van der Waals surface area contributed by atoms with Crippen LogP contribution in [0.4, 0.5) is 4.39 Å². The number of furan rings is 1. The summed E-state index contributed by atoms with van der Waals surface area (Å²) < 4.78 is 19.4. The lowest BCUT2D eigenvalue weighted by Crippen LogP contribution is -2.48. The second kappa shape index (κ2) is 13.5. The van der Waals surface area contributed by atoms with Crippen molar-refractivity contribution in [2.24, 2.45) is 0 Å². The minimum absolute atomic E-state index is 0.0735. The molecule has 11 heteroatoms. The van der Waals surface area contributed by atoms with Gasteiger partial charge in [-0.2, -0.15) is 4.80 Å². The van der Waals surface area contributed by atoms with E-state index in [1.54, 1.807) is 29.2 Å². The lowest BCUT2D eigenvalue weighted by molar-refractivity contribution is -0.142. The first kappa shape index (κ1) is 28.4. The summed E-state index contributed by atoms with van der Waals surface area (Å²) in [5.41, 5.74) is 0.557. The zero-order chi connectivity index (χ0) is 27.8. The van der Waals surface area contributed by atoms with Gasteiger partial charge in [0.1, 0.15) is 24.2 Å². The normalized spacial score (nSPS) is 14.6. The highest BCUT2D eigenvalue weighted by molar-refractivity contribution is 5.89. The van der Waals surface area contributed by atoms with E-state index >= 15 is 0 Å². The lowest BCUT2D eigenvalue weighted by atomic mass is 10.0. The molecule has 0 radical (unpaired) electrons. The van der Waals surface area contributed by atoms with E-state index in [0.717, 1.165) is 45.3 Å². The van der Waals surface area contributed by atoms with E-state index in [1.165, 1.54) is 16.9 Å². The van der Waals surface area contributed by atoms with Crippen LogP contribution < -0.4 is 5.32 Å². The Hall–Kier alpha value is -3.60. The van der Waals surface area contributed by atoms with E-state index in [0.29, 0.717) is 30.0 Å². The molecule has 39 heavy (non-hydrogen) atoms. The largest absolute Gasteiger partial charge is 0.458 e. The highest BCUT2D eigenvalue weighted by Gasteiger charge is 2.33. The molecule has 0 unspecified atom stereocenters. The van der Waals surface area contributed by atoms with Gasteiger partial charge >= 0.3 is 0 Å².